The van der Waals surface area contributed by atoms with Crippen molar-refractivity contribution in [1.82, 2.24) is 9.97 Å². The zero-order chi connectivity index (χ0) is 19.8. The standard InChI is InChI=1S/C23H28N4O/c1-4-27(5-2)22-17-21(25-23(26-22)19-9-7-6-8-10-19)24-16-15-18-11-13-20(28-3)14-12-18/h6-14,17H,4-5,15-16H2,1-3H3,(H,24,25,26). The summed E-state index contributed by atoms with van der Waals surface area (Å²) in [5, 5.41) is 3.47. The lowest BCUT2D eigenvalue weighted by molar-refractivity contribution is 0.414. The number of nitrogens with one attached hydrogen (secondary N) is 1. The number of hydrogen-bond acceptors (Lipinski definition) is 5. The number of anilines is 2. The summed E-state index contributed by atoms with van der Waals surface area (Å²) in [4.78, 5) is 11.8. The fourth-order valence-electron chi connectivity index (χ4n) is 3.08. The quantitative estimate of drug-likeness (QED) is 0.589. The van der Waals surface area contributed by atoms with Crippen LogP contribution in [-0.2, 0) is 6.42 Å². The van der Waals surface area contributed by atoms with Gasteiger partial charge in [0.1, 0.15) is 17.4 Å². The zero-order valence-corrected chi connectivity index (χ0v) is 16.9. The molecular formula is C23H28N4O. The molecule has 1 heterocycles. The van der Waals surface area contributed by atoms with Crippen molar-refractivity contribution in [3.63, 3.8) is 0 Å². The minimum atomic E-state index is 0.747. The molecule has 0 aliphatic heterocycles. The van der Waals surface area contributed by atoms with Crippen LogP contribution in [0.2, 0.25) is 0 Å². The highest BCUT2D eigenvalue weighted by molar-refractivity contribution is 5.61. The van der Waals surface area contributed by atoms with Crippen LogP contribution >= 0.6 is 0 Å². The molecule has 1 aromatic heterocycles. The lowest BCUT2D eigenvalue weighted by Crippen LogP contribution is -2.23. The van der Waals surface area contributed by atoms with E-state index in [1.54, 1.807) is 7.11 Å². The number of nitrogens with zero attached hydrogens (tertiary/aromatic N) is 3. The van der Waals surface area contributed by atoms with E-state index in [9.17, 15) is 0 Å². The van der Waals surface area contributed by atoms with E-state index in [4.69, 9.17) is 14.7 Å². The summed E-state index contributed by atoms with van der Waals surface area (Å²) >= 11 is 0. The maximum atomic E-state index is 5.22. The van der Waals surface area contributed by atoms with Gasteiger partial charge in [0, 0.05) is 31.3 Å². The molecule has 0 aliphatic carbocycles. The van der Waals surface area contributed by atoms with Gasteiger partial charge in [-0.15, -0.1) is 0 Å². The Hall–Kier alpha value is -3.08. The number of aromatic nitrogens is 2. The Bertz CT molecular complexity index is 862. The third-order valence-electron chi connectivity index (χ3n) is 4.71. The Morgan fingerprint density at radius 1 is 0.929 bits per heavy atom. The molecule has 5 nitrogen and oxygen atoms in total. The van der Waals surface area contributed by atoms with Crippen molar-refractivity contribution < 1.29 is 4.74 Å². The molecule has 1 N–H and O–H groups in total. The summed E-state index contributed by atoms with van der Waals surface area (Å²) < 4.78 is 5.22. The van der Waals surface area contributed by atoms with Crippen LogP contribution in [0.5, 0.6) is 5.75 Å². The number of methoxy groups -OCH3 is 1. The molecule has 0 amide bonds. The van der Waals surface area contributed by atoms with Crippen LogP contribution in [0.1, 0.15) is 19.4 Å². The van der Waals surface area contributed by atoms with Crippen molar-refractivity contribution in [2.75, 3.05) is 37.0 Å². The highest BCUT2D eigenvalue weighted by atomic mass is 16.5. The van der Waals surface area contributed by atoms with Gasteiger partial charge in [-0.2, -0.15) is 0 Å². The van der Waals surface area contributed by atoms with Crippen molar-refractivity contribution >= 4 is 11.6 Å². The second-order valence-electron chi connectivity index (χ2n) is 6.50. The topological polar surface area (TPSA) is 50.3 Å². The van der Waals surface area contributed by atoms with Crippen molar-refractivity contribution in [1.29, 1.82) is 0 Å². The molecule has 5 heteroatoms. The normalized spacial score (nSPS) is 10.5. The Balaban J connectivity index is 1.77. The van der Waals surface area contributed by atoms with E-state index in [2.05, 4.69) is 36.2 Å². The van der Waals surface area contributed by atoms with E-state index in [-0.39, 0.29) is 0 Å². The van der Waals surface area contributed by atoms with Crippen LogP contribution in [-0.4, -0.2) is 36.7 Å². The summed E-state index contributed by atoms with van der Waals surface area (Å²) in [6, 6.07) is 20.3. The van der Waals surface area contributed by atoms with Crippen LogP contribution in [0.15, 0.2) is 60.7 Å². The molecule has 0 bridgehead atoms. The molecular weight excluding hydrogens is 348 g/mol. The van der Waals surface area contributed by atoms with Gasteiger partial charge in [-0.1, -0.05) is 42.5 Å². The van der Waals surface area contributed by atoms with Crippen molar-refractivity contribution in [3.05, 3.63) is 66.2 Å². The van der Waals surface area contributed by atoms with E-state index in [0.29, 0.717) is 0 Å². The second kappa shape index (κ2) is 9.74. The Morgan fingerprint density at radius 2 is 1.64 bits per heavy atom. The van der Waals surface area contributed by atoms with E-state index in [0.717, 1.165) is 54.8 Å². The van der Waals surface area contributed by atoms with Crippen LogP contribution in [0.3, 0.4) is 0 Å². The van der Waals surface area contributed by atoms with Gasteiger partial charge in [-0.05, 0) is 38.0 Å². The Labute approximate surface area is 167 Å². The summed E-state index contributed by atoms with van der Waals surface area (Å²) in [5.74, 6) is 3.43. The number of hydrogen-bond donors (Lipinski definition) is 1. The van der Waals surface area contributed by atoms with Crippen LogP contribution in [0.4, 0.5) is 11.6 Å². The van der Waals surface area contributed by atoms with Crippen molar-refractivity contribution in [2.24, 2.45) is 0 Å². The fourth-order valence-corrected chi connectivity index (χ4v) is 3.08. The first-order chi connectivity index (χ1) is 13.7. The Kier molecular flexibility index (Phi) is 6.84. The summed E-state index contributed by atoms with van der Waals surface area (Å²) in [5.41, 5.74) is 2.28. The highest BCUT2D eigenvalue weighted by Gasteiger charge is 2.10. The first-order valence-corrected chi connectivity index (χ1v) is 9.79. The third kappa shape index (κ3) is 5.00. The molecule has 3 rings (SSSR count). The molecule has 28 heavy (non-hydrogen) atoms. The maximum absolute atomic E-state index is 5.22. The minimum absolute atomic E-state index is 0.747. The maximum Gasteiger partial charge on any atom is 0.163 e. The van der Waals surface area contributed by atoms with E-state index in [1.165, 1.54) is 5.56 Å². The van der Waals surface area contributed by atoms with Crippen LogP contribution in [0, 0.1) is 0 Å². The van der Waals surface area contributed by atoms with Gasteiger partial charge in [-0.25, -0.2) is 9.97 Å². The molecule has 2 aromatic carbocycles. The number of rotatable bonds is 9. The third-order valence-corrected chi connectivity index (χ3v) is 4.71. The second-order valence-corrected chi connectivity index (χ2v) is 6.50. The monoisotopic (exact) mass is 376 g/mol. The fraction of sp³-hybridized carbons (Fsp3) is 0.304. The lowest BCUT2D eigenvalue weighted by Gasteiger charge is -2.21. The van der Waals surface area contributed by atoms with Gasteiger partial charge in [0.25, 0.3) is 0 Å². The molecule has 0 saturated heterocycles. The largest absolute Gasteiger partial charge is 0.497 e. The van der Waals surface area contributed by atoms with Crippen LogP contribution < -0.4 is 15.0 Å². The average molecular weight is 377 g/mol. The summed E-state index contributed by atoms with van der Waals surface area (Å²) in [7, 11) is 1.68. The predicted molar refractivity (Wildman–Crippen MR) is 116 cm³/mol. The van der Waals surface area contributed by atoms with E-state index < -0.39 is 0 Å². The molecule has 0 aliphatic rings. The van der Waals surface area contributed by atoms with Gasteiger partial charge in [0.05, 0.1) is 7.11 Å². The number of ether oxygens (including phenoxy) is 1. The van der Waals surface area contributed by atoms with E-state index >= 15 is 0 Å². The predicted octanol–water partition coefficient (Wildman–Crippen LogP) is 4.65. The molecule has 0 atom stereocenters. The van der Waals surface area contributed by atoms with Gasteiger partial charge in [0.15, 0.2) is 5.82 Å². The van der Waals surface area contributed by atoms with Crippen molar-refractivity contribution in [3.8, 4) is 17.1 Å². The molecule has 0 unspecified atom stereocenters. The number of benzene rings is 2. The molecule has 3 aromatic rings. The first kappa shape index (κ1) is 19.7. The molecule has 0 radical (unpaired) electrons. The van der Waals surface area contributed by atoms with E-state index in [1.807, 2.05) is 48.5 Å². The first-order valence-electron chi connectivity index (χ1n) is 9.79. The van der Waals surface area contributed by atoms with Crippen molar-refractivity contribution in [2.45, 2.75) is 20.3 Å². The minimum Gasteiger partial charge on any atom is -0.497 e. The van der Waals surface area contributed by atoms with Crippen LogP contribution in [0.25, 0.3) is 11.4 Å². The smallest absolute Gasteiger partial charge is 0.163 e. The summed E-state index contributed by atoms with van der Waals surface area (Å²) in [6.45, 7) is 6.91. The zero-order valence-electron chi connectivity index (χ0n) is 16.9. The molecule has 0 fully saturated rings. The van der Waals surface area contributed by atoms with Gasteiger partial charge < -0.3 is 15.0 Å². The highest BCUT2D eigenvalue weighted by Crippen LogP contribution is 2.22. The van der Waals surface area contributed by atoms with Gasteiger partial charge in [0.2, 0.25) is 0 Å². The lowest BCUT2D eigenvalue weighted by atomic mass is 10.1. The molecule has 0 spiro atoms. The SMILES string of the molecule is CCN(CC)c1cc(NCCc2ccc(OC)cc2)nc(-c2ccccc2)n1. The average Bonchev–Trinajstić information content (AvgIpc) is 2.76. The molecule has 146 valence electrons. The van der Waals surface area contributed by atoms with Gasteiger partial charge >= 0.3 is 0 Å². The van der Waals surface area contributed by atoms with Gasteiger partial charge in [-0.3, -0.25) is 0 Å². The summed E-state index contributed by atoms with van der Waals surface area (Å²) in [6.07, 6.45) is 0.912. The Morgan fingerprint density at radius 3 is 2.29 bits per heavy atom. The molecule has 0 saturated carbocycles.